The van der Waals surface area contributed by atoms with Crippen LogP contribution in [0.3, 0.4) is 0 Å². The smallest absolute Gasteiger partial charge is 0.338 e. The molecule has 1 amide bonds. The number of rotatable bonds is 6. The Morgan fingerprint density at radius 3 is 2.09 bits per heavy atom. The van der Waals surface area contributed by atoms with Crippen LogP contribution in [0.5, 0.6) is 0 Å². The molecular formula is C27H21N3O5. The van der Waals surface area contributed by atoms with Crippen molar-refractivity contribution in [2.75, 3.05) is 5.32 Å². The third-order valence-electron chi connectivity index (χ3n) is 5.38. The summed E-state index contributed by atoms with van der Waals surface area (Å²) in [5.74, 6) is -0.0104. The molecule has 1 N–H and O–H groups in total. The lowest BCUT2D eigenvalue weighted by Crippen LogP contribution is -2.30. The summed E-state index contributed by atoms with van der Waals surface area (Å²) in [6.45, 7) is 3.48. The molecule has 0 saturated heterocycles. The number of carbonyl (C=O) groups excluding carboxylic acids is 2. The minimum atomic E-state index is -0.995. The van der Waals surface area contributed by atoms with Gasteiger partial charge in [0.2, 0.25) is 0 Å². The number of carbonyl (C=O) groups is 2. The summed E-state index contributed by atoms with van der Waals surface area (Å²) >= 11 is 0. The number of amides is 1. The molecule has 8 heteroatoms. The number of nitrogens with zero attached hydrogens (tertiary/aromatic N) is 2. The van der Waals surface area contributed by atoms with Gasteiger partial charge >= 0.3 is 5.97 Å². The summed E-state index contributed by atoms with van der Waals surface area (Å²) in [7, 11) is 0. The van der Waals surface area contributed by atoms with Crippen LogP contribution in [-0.2, 0) is 9.53 Å². The molecule has 0 spiro atoms. The Bertz CT molecular complexity index is 1490. The Morgan fingerprint density at radius 1 is 0.857 bits per heavy atom. The van der Waals surface area contributed by atoms with Crippen molar-refractivity contribution in [3.63, 3.8) is 0 Å². The van der Waals surface area contributed by atoms with Gasteiger partial charge in [-0.2, -0.15) is 0 Å². The largest absolute Gasteiger partial charge is 0.463 e. The number of benzene rings is 2. The molecule has 0 aliphatic rings. The predicted octanol–water partition coefficient (Wildman–Crippen LogP) is 5.64. The predicted molar refractivity (Wildman–Crippen MR) is 130 cm³/mol. The molecule has 0 saturated carbocycles. The van der Waals surface area contributed by atoms with E-state index in [1.807, 2.05) is 19.1 Å². The lowest BCUT2D eigenvalue weighted by atomic mass is 10.1. The molecule has 5 aromatic rings. The van der Waals surface area contributed by atoms with Crippen LogP contribution in [0.25, 0.3) is 33.9 Å². The molecule has 2 aromatic carbocycles. The second kappa shape index (κ2) is 9.26. The Balaban J connectivity index is 1.39. The van der Waals surface area contributed by atoms with E-state index in [1.54, 1.807) is 67.1 Å². The summed E-state index contributed by atoms with van der Waals surface area (Å²) in [5.41, 5.74) is 3.99. The van der Waals surface area contributed by atoms with E-state index in [4.69, 9.17) is 18.6 Å². The van der Waals surface area contributed by atoms with Gasteiger partial charge in [-0.05, 0) is 68.4 Å². The van der Waals surface area contributed by atoms with Gasteiger partial charge in [-0.25, -0.2) is 14.8 Å². The Morgan fingerprint density at radius 2 is 1.49 bits per heavy atom. The van der Waals surface area contributed by atoms with Gasteiger partial charge in [0.25, 0.3) is 5.91 Å². The number of hydrogen-bond donors (Lipinski definition) is 1. The summed E-state index contributed by atoms with van der Waals surface area (Å²) in [6.07, 6.45) is 2.11. The van der Waals surface area contributed by atoms with Gasteiger partial charge < -0.3 is 18.9 Å². The van der Waals surface area contributed by atoms with Gasteiger partial charge in [0.05, 0.1) is 29.1 Å². The number of ether oxygens (including phenoxy) is 1. The van der Waals surface area contributed by atoms with Gasteiger partial charge in [-0.3, -0.25) is 4.79 Å². The van der Waals surface area contributed by atoms with Crippen LogP contribution in [0.4, 0.5) is 5.69 Å². The Hall–Kier alpha value is -4.72. The van der Waals surface area contributed by atoms with Gasteiger partial charge in [0.15, 0.2) is 17.6 Å². The molecular weight excluding hydrogens is 446 g/mol. The number of nitrogens with one attached hydrogen (secondary N) is 1. The highest BCUT2D eigenvalue weighted by Crippen LogP contribution is 2.31. The van der Waals surface area contributed by atoms with Gasteiger partial charge in [-0.1, -0.05) is 17.7 Å². The number of aromatic nitrogens is 2. The van der Waals surface area contributed by atoms with Crippen molar-refractivity contribution in [3.8, 4) is 22.9 Å². The van der Waals surface area contributed by atoms with Gasteiger partial charge in [0.1, 0.15) is 11.4 Å². The van der Waals surface area contributed by atoms with Crippen LogP contribution in [0.15, 0.2) is 88.1 Å². The fourth-order valence-corrected chi connectivity index (χ4v) is 3.51. The zero-order valence-electron chi connectivity index (χ0n) is 19.0. The number of esters is 1. The second-order valence-corrected chi connectivity index (χ2v) is 7.98. The number of hydrogen-bond acceptors (Lipinski definition) is 7. The van der Waals surface area contributed by atoms with Crippen molar-refractivity contribution in [3.05, 3.63) is 90.4 Å². The Kier molecular flexibility index (Phi) is 5.85. The molecule has 0 radical (unpaired) electrons. The highest BCUT2D eigenvalue weighted by molar-refractivity contribution is 5.99. The fraction of sp³-hybridized carbons (Fsp3) is 0.111. The van der Waals surface area contributed by atoms with Crippen LogP contribution >= 0.6 is 0 Å². The number of furan rings is 2. The van der Waals surface area contributed by atoms with E-state index in [1.165, 1.54) is 6.92 Å². The van der Waals surface area contributed by atoms with E-state index in [0.29, 0.717) is 39.6 Å². The van der Waals surface area contributed by atoms with Crippen LogP contribution in [0.1, 0.15) is 22.8 Å². The molecule has 0 aliphatic heterocycles. The first-order valence-electron chi connectivity index (χ1n) is 11.0. The zero-order chi connectivity index (χ0) is 24.4. The topological polar surface area (TPSA) is 107 Å². The molecule has 174 valence electrons. The maximum absolute atomic E-state index is 12.8. The molecule has 0 fully saturated rings. The third-order valence-corrected chi connectivity index (χ3v) is 5.38. The van der Waals surface area contributed by atoms with Crippen LogP contribution in [-0.4, -0.2) is 27.9 Å². The maximum Gasteiger partial charge on any atom is 0.338 e. The average molecular weight is 467 g/mol. The van der Waals surface area contributed by atoms with Crippen molar-refractivity contribution >= 4 is 28.6 Å². The normalized spacial score (nSPS) is 11.8. The molecule has 3 aromatic heterocycles. The first-order valence-corrected chi connectivity index (χ1v) is 11.0. The van der Waals surface area contributed by atoms with Crippen LogP contribution in [0, 0.1) is 6.92 Å². The summed E-state index contributed by atoms with van der Waals surface area (Å²) in [4.78, 5) is 34.6. The lowest BCUT2D eigenvalue weighted by molar-refractivity contribution is -0.123. The Labute approximate surface area is 200 Å². The number of anilines is 1. The van der Waals surface area contributed by atoms with Crippen molar-refractivity contribution in [1.82, 2.24) is 9.97 Å². The quantitative estimate of drug-likeness (QED) is 0.322. The third kappa shape index (κ3) is 4.67. The average Bonchev–Trinajstić information content (AvgIpc) is 3.59. The first-order chi connectivity index (χ1) is 17.0. The second-order valence-electron chi connectivity index (χ2n) is 7.98. The van der Waals surface area contributed by atoms with Crippen molar-refractivity contribution in [1.29, 1.82) is 0 Å². The standard InChI is InChI=1S/C27H21N3O5/c1-16-7-10-19(11-8-16)28-26(31)17(2)35-27(32)18-9-12-20-21(15-18)30-25(23-6-4-14-34-23)24(29-20)22-5-3-13-33-22/h3-15,17H,1-2H3,(H,28,31). The van der Waals surface area contributed by atoms with Crippen molar-refractivity contribution in [2.24, 2.45) is 0 Å². The lowest BCUT2D eigenvalue weighted by Gasteiger charge is -2.14. The number of aryl methyl sites for hydroxylation is 1. The molecule has 0 aliphatic carbocycles. The van der Waals surface area contributed by atoms with E-state index in [-0.39, 0.29) is 5.56 Å². The first kappa shape index (κ1) is 22.1. The molecule has 35 heavy (non-hydrogen) atoms. The summed E-state index contributed by atoms with van der Waals surface area (Å²) < 4.78 is 16.5. The maximum atomic E-state index is 12.8. The van der Waals surface area contributed by atoms with E-state index in [2.05, 4.69) is 10.3 Å². The molecule has 8 nitrogen and oxygen atoms in total. The molecule has 0 bridgehead atoms. The summed E-state index contributed by atoms with van der Waals surface area (Å²) in [5, 5.41) is 2.74. The van der Waals surface area contributed by atoms with Crippen LogP contribution in [0.2, 0.25) is 0 Å². The van der Waals surface area contributed by atoms with E-state index in [0.717, 1.165) is 5.56 Å². The minimum absolute atomic E-state index is 0.248. The molecule has 3 heterocycles. The van der Waals surface area contributed by atoms with Crippen molar-refractivity contribution in [2.45, 2.75) is 20.0 Å². The molecule has 5 rings (SSSR count). The van der Waals surface area contributed by atoms with E-state index in [9.17, 15) is 9.59 Å². The minimum Gasteiger partial charge on any atom is -0.463 e. The van der Waals surface area contributed by atoms with E-state index >= 15 is 0 Å². The van der Waals surface area contributed by atoms with Gasteiger partial charge in [-0.15, -0.1) is 0 Å². The van der Waals surface area contributed by atoms with E-state index < -0.39 is 18.0 Å². The number of fused-ring (bicyclic) bond motifs is 1. The van der Waals surface area contributed by atoms with Crippen molar-refractivity contribution < 1.29 is 23.2 Å². The summed E-state index contributed by atoms with van der Waals surface area (Å²) in [6, 6.07) is 19.3. The fourth-order valence-electron chi connectivity index (χ4n) is 3.51. The SMILES string of the molecule is Cc1ccc(NC(=O)C(C)OC(=O)c2ccc3nc(-c4ccco4)c(-c4ccco4)nc3c2)cc1. The van der Waals surface area contributed by atoms with Gasteiger partial charge in [0, 0.05) is 5.69 Å². The molecule has 1 atom stereocenters. The monoisotopic (exact) mass is 467 g/mol. The molecule has 1 unspecified atom stereocenters. The highest BCUT2D eigenvalue weighted by atomic mass is 16.5. The highest BCUT2D eigenvalue weighted by Gasteiger charge is 2.21. The van der Waals surface area contributed by atoms with Crippen LogP contribution < -0.4 is 5.32 Å². The zero-order valence-corrected chi connectivity index (χ0v) is 19.0.